The Morgan fingerprint density at radius 2 is 0.577 bits per heavy atom. The lowest BCUT2D eigenvalue weighted by molar-refractivity contribution is -0.145. The monoisotopic (exact) mass is 1350 g/mol. The maximum atomic E-state index is 12.8. The van der Waals surface area contributed by atoms with Crippen LogP contribution in [-0.4, -0.2) is 235 Å². The Kier molecular flexibility index (Phi) is 32.4. The molecule has 0 radical (unpaired) electrons. The maximum absolute atomic E-state index is 12.8. The molecule has 4 saturated heterocycles. The molecule has 97 heavy (non-hydrogen) atoms. The van der Waals surface area contributed by atoms with E-state index in [2.05, 4.69) is 32.9 Å². The largest absolute Gasteiger partial charge is 0.492 e. The van der Waals surface area contributed by atoms with Gasteiger partial charge in [-0.25, -0.2) is 19.2 Å². The summed E-state index contributed by atoms with van der Waals surface area (Å²) in [6.45, 7) is 21.4. The fourth-order valence-electron chi connectivity index (χ4n) is 9.57. The summed E-state index contributed by atoms with van der Waals surface area (Å²) in [6, 6.07) is 33.2. The molecule has 526 valence electrons. The number of nitrogens with zero attached hydrogens (tertiary/aromatic N) is 8. The molecule has 16 amide bonds. The van der Waals surface area contributed by atoms with E-state index in [4.69, 9.17) is 33.2 Å². The quantitative estimate of drug-likeness (QED) is 0.0351. The van der Waals surface area contributed by atoms with Crippen LogP contribution >= 0.6 is 0 Å². The minimum absolute atomic E-state index is 0.0252. The number of carbonyl (C=O) groups is 12. The molecule has 0 N–H and O–H groups in total. The lowest BCUT2D eigenvalue weighted by atomic mass is 9.86. The first kappa shape index (κ1) is 78.3. The summed E-state index contributed by atoms with van der Waals surface area (Å²) in [6.07, 6.45) is -0.583. The van der Waals surface area contributed by atoms with Crippen LogP contribution in [0, 0.1) is 0 Å². The van der Waals surface area contributed by atoms with Gasteiger partial charge in [0.2, 0.25) is 47.3 Å². The molecule has 0 aliphatic carbocycles. The van der Waals surface area contributed by atoms with Gasteiger partial charge in [0, 0.05) is 19.8 Å². The van der Waals surface area contributed by atoms with E-state index in [1.54, 1.807) is 36.4 Å². The zero-order valence-corrected chi connectivity index (χ0v) is 57.0. The molecular weight excluding hydrogens is 1260 g/mol. The van der Waals surface area contributed by atoms with Crippen LogP contribution in [0.25, 0.3) is 0 Å². The molecule has 0 spiro atoms. The van der Waals surface area contributed by atoms with E-state index in [9.17, 15) is 57.5 Å². The second kappa shape index (κ2) is 40.2. The second-order valence-electron chi connectivity index (χ2n) is 23.6. The third-order valence-corrected chi connectivity index (χ3v) is 14.7. The highest BCUT2D eigenvalue weighted by Gasteiger charge is 2.41. The first-order chi connectivity index (χ1) is 46.3. The van der Waals surface area contributed by atoms with Crippen molar-refractivity contribution in [2.75, 3.05) is 112 Å². The van der Waals surface area contributed by atoms with E-state index >= 15 is 0 Å². The van der Waals surface area contributed by atoms with Crippen molar-refractivity contribution in [1.29, 1.82) is 0 Å². The van der Waals surface area contributed by atoms with E-state index < -0.39 is 71.4 Å². The van der Waals surface area contributed by atoms with Crippen molar-refractivity contribution >= 4 is 71.4 Å². The van der Waals surface area contributed by atoms with Gasteiger partial charge in [0.05, 0.1) is 84.4 Å². The van der Waals surface area contributed by atoms with Gasteiger partial charge in [-0.05, 0) is 101 Å². The van der Waals surface area contributed by atoms with Crippen LogP contribution in [0.1, 0.15) is 99.1 Å². The average Bonchev–Trinajstić information content (AvgIpc) is 0.842. The van der Waals surface area contributed by atoms with Gasteiger partial charge in [-0.3, -0.25) is 77.6 Å². The standard InChI is InChI=1S/C24H28N2O4.C20H20N2O5.C14H24N2O5.C12H20N2O5/c1-24(2,3)19-11-9-18(10-12-19)13-14-25-21(27)17-22(28)26(23(25)29)15-16-30-20-7-5-4-6-8-20;23-18-15-19(24)22(12-14-27-17-9-5-2-6-10-17)20(25)21(18)11-13-26-16-7-3-1-4-8-16;1-10(2)20-7-5-15-12(17)9-13(18)16(14(15)19)6-8-21-11(3)4;1-3-18-7-5-13-10(15)9-11(16)14(12(13)17)6-8-19-4-2/h4-12H,13-17H2,1-3H3;1-10H,11-15H2;10-11H,5-9H2,1-4H3;3-9H2,1-2H3. The van der Waals surface area contributed by atoms with Gasteiger partial charge in [-0.15, -0.1) is 0 Å². The molecule has 0 aromatic heterocycles. The number of imide groups is 8. The van der Waals surface area contributed by atoms with Crippen molar-refractivity contribution < 1.29 is 90.7 Å². The first-order valence-electron chi connectivity index (χ1n) is 32.4. The Bertz CT molecular complexity index is 3130. The molecule has 0 bridgehead atoms. The van der Waals surface area contributed by atoms with E-state index in [1.165, 1.54) is 10.5 Å². The molecule has 8 rings (SSSR count). The van der Waals surface area contributed by atoms with Gasteiger partial charge in [0.1, 0.15) is 62.8 Å². The number of barbiturate groups is 4. The number of para-hydroxylation sites is 3. The molecule has 4 fully saturated rings. The Morgan fingerprint density at radius 1 is 0.330 bits per heavy atom. The summed E-state index contributed by atoms with van der Waals surface area (Å²) in [7, 11) is 0. The summed E-state index contributed by atoms with van der Waals surface area (Å²) >= 11 is 0. The SMILES string of the molecule is CC(C)(C)c1ccc(CCN2C(=O)CC(=O)N(CCOc3ccccc3)C2=O)cc1.CC(C)OCCN1C(=O)CC(=O)N(CCOC(C)C)C1=O.CCOCCN1C(=O)CC(=O)N(CCOCC)C1=O.O=C1CC(=O)N(CCOc2ccccc2)C(=O)N1CCOc1ccccc1. The highest BCUT2D eigenvalue weighted by molar-refractivity contribution is 6.16. The van der Waals surface area contributed by atoms with Crippen molar-refractivity contribution in [2.24, 2.45) is 0 Å². The third kappa shape index (κ3) is 25.6. The Balaban J connectivity index is 0.000000238. The zero-order chi connectivity index (χ0) is 71.0. The van der Waals surface area contributed by atoms with Crippen molar-refractivity contribution in [3.8, 4) is 17.2 Å². The molecule has 0 saturated carbocycles. The van der Waals surface area contributed by atoms with Crippen LogP contribution in [-0.2, 0) is 69.1 Å². The van der Waals surface area contributed by atoms with Gasteiger partial charge < -0.3 is 33.2 Å². The Hall–Kier alpha value is -9.44. The number of hydrogen-bond donors (Lipinski definition) is 0. The first-order valence-corrected chi connectivity index (χ1v) is 32.4. The summed E-state index contributed by atoms with van der Waals surface area (Å²) in [5.41, 5.74) is 2.34. The van der Waals surface area contributed by atoms with Crippen LogP contribution in [0.2, 0.25) is 0 Å². The highest BCUT2D eigenvalue weighted by Crippen LogP contribution is 2.24. The third-order valence-electron chi connectivity index (χ3n) is 14.7. The minimum atomic E-state index is -0.635. The average molecular weight is 1350 g/mol. The van der Waals surface area contributed by atoms with Crippen LogP contribution in [0.3, 0.4) is 0 Å². The topological polar surface area (TPSA) is 295 Å². The van der Waals surface area contributed by atoms with Crippen LogP contribution in [0.4, 0.5) is 19.2 Å². The molecule has 4 aliphatic rings. The number of urea groups is 4. The van der Waals surface area contributed by atoms with E-state index in [0.29, 0.717) is 36.9 Å². The Labute approximate surface area is 566 Å². The van der Waals surface area contributed by atoms with E-state index in [1.807, 2.05) is 108 Å². The molecular formula is C70H92N8O19. The number of carbonyl (C=O) groups excluding carboxylic acids is 12. The van der Waals surface area contributed by atoms with Crippen molar-refractivity contribution in [3.63, 3.8) is 0 Å². The molecule has 0 atom stereocenters. The highest BCUT2D eigenvalue weighted by atomic mass is 16.5. The zero-order valence-electron chi connectivity index (χ0n) is 57.0. The predicted molar refractivity (Wildman–Crippen MR) is 354 cm³/mol. The van der Waals surface area contributed by atoms with Gasteiger partial charge in [-0.1, -0.05) is 99.6 Å². The van der Waals surface area contributed by atoms with Gasteiger partial charge in [-0.2, -0.15) is 0 Å². The van der Waals surface area contributed by atoms with Gasteiger partial charge in [0.15, 0.2) is 0 Å². The number of amides is 16. The van der Waals surface area contributed by atoms with Crippen LogP contribution < -0.4 is 14.2 Å². The van der Waals surface area contributed by atoms with Crippen molar-refractivity contribution in [2.45, 2.75) is 112 Å². The summed E-state index contributed by atoms with van der Waals surface area (Å²) in [5, 5.41) is 0. The minimum Gasteiger partial charge on any atom is -0.492 e. The predicted octanol–water partition coefficient (Wildman–Crippen LogP) is 7.37. The van der Waals surface area contributed by atoms with Gasteiger partial charge >= 0.3 is 24.1 Å². The molecule has 4 aromatic carbocycles. The normalized spacial score (nSPS) is 15.5. The molecule has 0 unspecified atom stereocenters. The van der Waals surface area contributed by atoms with Crippen LogP contribution in [0.15, 0.2) is 115 Å². The Morgan fingerprint density at radius 3 is 0.825 bits per heavy atom. The lowest BCUT2D eigenvalue weighted by Crippen LogP contribution is -2.56. The second-order valence-corrected chi connectivity index (χ2v) is 23.6. The molecule has 4 aliphatic heterocycles. The van der Waals surface area contributed by atoms with Crippen molar-refractivity contribution in [3.05, 3.63) is 126 Å². The number of hydrogen-bond acceptors (Lipinski definition) is 19. The van der Waals surface area contributed by atoms with Crippen LogP contribution in [0.5, 0.6) is 17.2 Å². The summed E-state index contributed by atoms with van der Waals surface area (Å²) in [4.78, 5) is 154. The van der Waals surface area contributed by atoms with Crippen molar-refractivity contribution in [1.82, 2.24) is 39.2 Å². The van der Waals surface area contributed by atoms with E-state index in [-0.39, 0.29) is 142 Å². The smallest absolute Gasteiger partial charge is 0.333 e. The van der Waals surface area contributed by atoms with Gasteiger partial charge in [0.25, 0.3) is 0 Å². The summed E-state index contributed by atoms with van der Waals surface area (Å²) < 4.78 is 37.6. The lowest BCUT2D eigenvalue weighted by Gasteiger charge is -2.32. The number of rotatable bonds is 31. The number of benzene rings is 4. The molecule has 27 heteroatoms. The maximum Gasteiger partial charge on any atom is 0.333 e. The molecule has 4 aromatic rings. The number of ether oxygens (including phenoxy) is 7. The molecule has 27 nitrogen and oxygen atoms in total. The fraction of sp³-hybridized carbons (Fsp3) is 0.486. The fourth-order valence-corrected chi connectivity index (χ4v) is 9.57. The summed E-state index contributed by atoms with van der Waals surface area (Å²) in [5.74, 6) is -1.87. The molecule has 4 heterocycles. The van der Waals surface area contributed by atoms with E-state index in [0.717, 1.165) is 39.9 Å².